The number of nitrogen functional groups attached to an aromatic ring is 1. The van der Waals surface area contributed by atoms with E-state index in [4.69, 9.17) is 5.73 Å². The SMILES string of the molecule is CC(NC(=O)c1c(N)nn2cccnc12)c1nc2cccc(C#Cc3cnn(C)c3)c2c(=O)n1C. The molecule has 0 fully saturated rings. The van der Waals surface area contributed by atoms with Crippen LogP contribution in [0.1, 0.15) is 40.3 Å². The van der Waals surface area contributed by atoms with E-state index in [9.17, 15) is 9.59 Å². The molecule has 4 aromatic heterocycles. The Morgan fingerprint density at radius 1 is 1.20 bits per heavy atom. The van der Waals surface area contributed by atoms with E-state index in [1.165, 1.54) is 9.08 Å². The van der Waals surface area contributed by atoms with E-state index >= 15 is 0 Å². The largest absolute Gasteiger partial charge is 0.381 e. The number of hydrogen-bond donors (Lipinski definition) is 2. The number of nitrogens with zero attached hydrogens (tertiary/aromatic N) is 7. The zero-order valence-corrected chi connectivity index (χ0v) is 19.2. The van der Waals surface area contributed by atoms with Crippen molar-refractivity contribution in [3.05, 3.63) is 81.9 Å². The number of amides is 1. The summed E-state index contributed by atoms with van der Waals surface area (Å²) in [6, 6.07) is 6.40. The van der Waals surface area contributed by atoms with Crippen LogP contribution in [0.4, 0.5) is 5.82 Å². The zero-order chi connectivity index (χ0) is 24.7. The lowest BCUT2D eigenvalue weighted by molar-refractivity contribution is 0.0940. The fraction of sp³-hybridized carbons (Fsp3) is 0.167. The molecule has 1 aromatic carbocycles. The highest BCUT2D eigenvalue weighted by atomic mass is 16.2. The normalized spacial score (nSPS) is 11.9. The first-order valence-corrected chi connectivity index (χ1v) is 10.7. The number of anilines is 1. The van der Waals surface area contributed by atoms with Crippen molar-refractivity contribution in [2.75, 3.05) is 5.73 Å². The van der Waals surface area contributed by atoms with Crippen molar-refractivity contribution in [1.29, 1.82) is 0 Å². The van der Waals surface area contributed by atoms with Gasteiger partial charge < -0.3 is 11.1 Å². The topological polar surface area (TPSA) is 138 Å². The lowest BCUT2D eigenvalue weighted by atomic mass is 10.1. The summed E-state index contributed by atoms with van der Waals surface area (Å²) in [5.41, 5.74) is 7.99. The van der Waals surface area contributed by atoms with Gasteiger partial charge in [-0.25, -0.2) is 14.5 Å². The smallest absolute Gasteiger partial charge is 0.262 e. The number of rotatable bonds is 3. The zero-order valence-electron chi connectivity index (χ0n) is 19.2. The first-order chi connectivity index (χ1) is 16.8. The number of fused-ring (bicyclic) bond motifs is 2. The Morgan fingerprint density at radius 3 is 2.80 bits per heavy atom. The van der Waals surface area contributed by atoms with Crippen LogP contribution in [-0.4, -0.2) is 39.8 Å². The number of carbonyl (C=O) groups excluding carboxylic acids is 1. The minimum absolute atomic E-state index is 0.0607. The van der Waals surface area contributed by atoms with Gasteiger partial charge in [0.05, 0.1) is 28.7 Å². The van der Waals surface area contributed by atoms with Gasteiger partial charge in [0.15, 0.2) is 11.5 Å². The minimum Gasteiger partial charge on any atom is -0.381 e. The first-order valence-electron chi connectivity index (χ1n) is 10.7. The molecular weight excluding hydrogens is 446 g/mol. The van der Waals surface area contributed by atoms with Gasteiger partial charge in [-0.2, -0.15) is 5.10 Å². The third kappa shape index (κ3) is 3.87. The summed E-state index contributed by atoms with van der Waals surface area (Å²) in [5.74, 6) is 6.06. The summed E-state index contributed by atoms with van der Waals surface area (Å²) in [7, 11) is 3.42. The molecule has 0 aliphatic carbocycles. The quantitative estimate of drug-likeness (QED) is 0.380. The third-order valence-electron chi connectivity index (χ3n) is 5.57. The maximum atomic E-state index is 13.3. The van der Waals surface area contributed by atoms with Gasteiger partial charge in [0.25, 0.3) is 11.5 Å². The predicted molar refractivity (Wildman–Crippen MR) is 129 cm³/mol. The second kappa shape index (κ2) is 8.42. The van der Waals surface area contributed by atoms with Gasteiger partial charge in [0.1, 0.15) is 11.4 Å². The molecule has 0 saturated carbocycles. The fourth-order valence-electron chi connectivity index (χ4n) is 3.90. The molecule has 174 valence electrons. The molecule has 1 amide bonds. The Balaban J connectivity index is 1.51. The number of hydrogen-bond acceptors (Lipinski definition) is 7. The average Bonchev–Trinajstić information content (AvgIpc) is 3.41. The van der Waals surface area contributed by atoms with Gasteiger partial charge in [-0.05, 0) is 25.1 Å². The van der Waals surface area contributed by atoms with Crippen molar-refractivity contribution in [3.63, 3.8) is 0 Å². The molecule has 0 saturated heterocycles. The molecule has 0 aliphatic heterocycles. The second-order valence-corrected chi connectivity index (χ2v) is 8.03. The molecule has 1 atom stereocenters. The van der Waals surface area contributed by atoms with Crippen LogP contribution in [0.5, 0.6) is 0 Å². The molecular formula is C24H21N9O2. The van der Waals surface area contributed by atoms with Crippen LogP contribution in [0.2, 0.25) is 0 Å². The molecule has 4 heterocycles. The number of aryl methyl sites for hydroxylation is 1. The summed E-state index contributed by atoms with van der Waals surface area (Å²) in [6.07, 6.45) is 6.66. The highest BCUT2D eigenvalue weighted by Crippen LogP contribution is 2.19. The van der Waals surface area contributed by atoms with Crippen molar-refractivity contribution in [3.8, 4) is 11.8 Å². The van der Waals surface area contributed by atoms with Crippen LogP contribution in [0.15, 0.2) is 53.8 Å². The number of nitrogens with one attached hydrogen (secondary N) is 1. The van der Waals surface area contributed by atoms with Gasteiger partial charge in [0, 0.05) is 38.2 Å². The molecule has 3 N–H and O–H groups in total. The predicted octanol–water partition coefficient (Wildman–Crippen LogP) is 1.18. The Labute approximate surface area is 199 Å². The average molecular weight is 467 g/mol. The lowest BCUT2D eigenvalue weighted by Gasteiger charge is -2.17. The summed E-state index contributed by atoms with van der Waals surface area (Å²) in [5, 5.41) is 11.5. The number of carbonyl (C=O) groups is 1. The highest BCUT2D eigenvalue weighted by Gasteiger charge is 2.23. The van der Waals surface area contributed by atoms with Crippen LogP contribution in [0.25, 0.3) is 16.6 Å². The summed E-state index contributed by atoms with van der Waals surface area (Å²) in [6.45, 7) is 1.74. The standard InChI is InChI=1S/C24H21N9O2/c1-14(28-23(34)19-20(25)30-33-11-5-10-26-22(19)33)21-29-17-7-4-6-16(18(17)24(35)32(21)3)9-8-15-12-27-31(2)13-15/h4-7,10-14H,1-3H3,(H2,25,30)(H,28,34). The van der Waals surface area contributed by atoms with Crippen molar-refractivity contribution in [2.45, 2.75) is 13.0 Å². The van der Waals surface area contributed by atoms with Crippen LogP contribution < -0.4 is 16.6 Å². The van der Waals surface area contributed by atoms with E-state index in [2.05, 4.69) is 37.3 Å². The van der Waals surface area contributed by atoms with Crippen molar-refractivity contribution in [1.82, 2.24) is 39.2 Å². The van der Waals surface area contributed by atoms with Crippen molar-refractivity contribution >= 4 is 28.3 Å². The number of benzene rings is 1. The summed E-state index contributed by atoms with van der Waals surface area (Å²) >= 11 is 0. The Kier molecular flexibility index (Phi) is 5.25. The fourth-order valence-corrected chi connectivity index (χ4v) is 3.90. The van der Waals surface area contributed by atoms with Crippen LogP contribution in [-0.2, 0) is 14.1 Å². The molecule has 5 rings (SSSR count). The molecule has 0 radical (unpaired) electrons. The first kappa shape index (κ1) is 21.8. The van der Waals surface area contributed by atoms with E-state index in [-0.39, 0.29) is 16.9 Å². The van der Waals surface area contributed by atoms with Gasteiger partial charge >= 0.3 is 0 Å². The molecule has 11 nitrogen and oxygen atoms in total. The Morgan fingerprint density at radius 2 is 2.03 bits per heavy atom. The summed E-state index contributed by atoms with van der Waals surface area (Å²) in [4.78, 5) is 35.2. The number of nitrogens with two attached hydrogens (primary N) is 1. The Bertz CT molecular complexity index is 1730. The van der Waals surface area contributed by atoms with E-state index in [0.717, 1.165) is 5.56 Å². The Hall–Kier alpha value is -4.98. The van der Waals surface area contributed by atoms with E-state index in [0.29, 0.717) is 27.9 Å². The molecule has 0 bridgehead atoms. The molecule has 1 unspecified atom stereocenters. The van der Waals surface area contributed by atoms with Crippen LogP contribution in [0, 0.1) is 11.8 Å². The van der Waals surface area contributed by atoms with E-state index in [1.54, 1.807) is 67.7 Å². The molecule has 35 heavy (non-hydrogen) atoms. The third-order valence-corrected chi connectivity index (χ3v) is 5.57. The van der Waals surface area contributed by atoms with Crippen molar-refractivity contribution < 1.29 is 4.79 Å². The van der Waals surface area contributed by atoms with Crippen molar-refractivity contribution in [2.24, 2.45) is 14.1 Å². The molecule has 0 aliphatic rings. The summed E-state index contributed by atoms with van der Waals surface area (Å²) < 4.78 is 4.51. The highest BCUT2D eigenvalue weighted by molar-refractivity contribution is 6.04. The van der Waals surface area contributed by atoms with Gasteiger partial charge in [-0.1, -0.05) is 17.9 Å². The van der Waals surface area contributed by atoms with E-state index < -0.39 is 11.9 Å². The van der Waals surface area contributed by atoms with Gasteiger partial charge in [-0.3, -0.25) is 18.8 Å². The molecule has 11 heteroatoms. The molecule has 0 spiro atoms. The maximum Gasteiger partial charge on any atom is 0.262 e. The number of aromatic nitrogens is 7. The second-order valence-electron chi connectivity index (χ2n) is 8.03. The van der Waals surface area contributed by atoms with Crippen LogP contribution >= 0.6 is 0 Å². The monoisotopic (exact) mass is 467 g/mol. The van der Waals surface area contributed by atoms with E-state index in [1.807, 2.05) is 7.05 Å². The maximum absolute atomic E-state index is 13.3. The van der Waals surface area contributed by atoms with Gasteiger partial charge in [-0.15, -0.1) is 5.10 Å². The van der Waals surface area contributed by atoms with Gasteiger partial charge in [0.2, 0.25) is 0 Å². The molecule has 5 aromatic rings. The minimum atomic E-state index is -0.604. The lowest BCUT2D eigenvalue weighted by Crippen LogP contribution is -2.33. The van der Waals surface area contributed by atoms with Crippen LogP contribution in [0.3, 0.4) is 0 Å².